The number of thioether (sulfide) groups is 1. The number of carbonyl (C=O) groups is 1. The summed E-state index contributed by atoms with van der Waals surface area (Å²) in [6.45, 7) is 6.89. The molecule has 0 unspecified atom stereocenters. The number of aryl methyl sites for hydroxylation is 3. The third-order valence-corrected chi connectivity index (χ3v) is 5.50. The Balaban J connectivity index is 1.53. The van der Waals surface area contributed by atoms with Crippen LogP contribution in [-0.2, 0) is 11.3 Å². The quantitative estimate of drug-likeness (QED) is 0.512. The molecule has 0 aliphatic carbocycles. The van der Waals surface area contributed by atoms with Crippen molar-refractivity contribution < 1.29 is 4.79 Å². The van der Waals surface area contributed by atoms with Gasteiger partial charge >= 0.3 is 0 Å². The largest absolute Gasteiger partial charge is 0.325 e. The van der Waals surface area contributed by atoms with Crippen LogP contribution in [0.1, 0.15) is 18.1 Å². The maximum atomic E-state index is 12.3. The average molecular weight is 392 g/mol. The zero-order chi connectivity index (χ0) is 19.7. The SMILES string of the molecule is CCn1c2ccccc2c2nnc(SCC(=O)Nc3ccc(C)cc3C)nc21. The topological polar surface area (TPSA) is 72.7 Å². The minimum Gasteiger partial charge on any atom is -0.325 e. The van der Waals surface area contributed by atoms with Crippen LogP contribution in [0.4, 0.5) is 5.69 Å². The summed E-state index contributed by atoms with van der Waals surface area (Å²) in [6, 6.07) is 14.1. The molecule has 1 N–H and O–H groups in total. The predicted octanol–water partition coefficient (Wildman–Crippen LogP) is 4.35. The standard InChI is InChI=1S/C21H21N5OS/c1-4-26-17-8-6-5-7-15(17)19-20(26)23-21(25-24-19)28-12-18(27)22-16-10-9-13(2)11-14(16)3/h5-11H,4,12H2,1-3H3,(H,22,27). The first-order chi connectivity index (χ1) is 13.6. The normalized spacial score (nSPS) is 11.2. The molecule has 0 radical (unpaired) electrons. The molecule has 0 spiro atoms. The van der Waals surface area contributed by atoms with Gasteiger partial charge in [-0.3, -0.25) is 4.79 Å². The number of nitrogens with one attached hydrogen (secondary N) is 1. The number of para-hydroxylation sites is 1. The lowest BCUT2D eigenvalue weighted by molar-refractivity contribution is -0.113. The van der Waals surface area contributed by atoms with Gasteiger partial charge in [0.1, 0.15) is 5.52 Å². The third kappa shape index (κ3) is 3.45. The number of hydrogen-bond acceptors (Lipinski definition) is 5. The second-order valence-corrected chi connectivity index (χ2v) is 7.63. The van der Waals surface area contributed by atoms with Gasteiger partial charge in [0.2, 0.25) is 11.1 Å². The Morgan fingerprint density at radius 1 is 1.14 bits per heavy atom. The van der Waals surface area contributed by atoms with Gasteiger partial charge < -0.3 is 9.88 Å². The van der Waals surface area contributed by atoms with E-state index >= 15 is 0 Å². The van der Waals surface area contributed by atoms with Gasteiger partial charge in [-0.05, 0) is 38.5 Å². The lowest BCUT2D eigenvalue weighted by Crippen LogP contribution is -2.15. The number of hydrogen-bond donors (Lipinski definition) is 1. The molecule has 4 aromatic rings. The number of amides is 1. The van der Waals surface area contributed by atoms with Gasteiger partial charge in [0.25, 0.3) is 0 Å². The smallest absolute Gasteiger partial charge is 0.234 e. The lowest BCUT2D eigenvalue weighted by atomic mass is 10.1. The van der Waals surface area contributed by atoms with Crippen molar-refractivity contribution in [2.75, 3.05) is 11.1 Å². The first-order valence-corrected chi connectivity index (χ1v) is 10.2. The van der Waals surface area contributed by atoms with E-state index in [0.29, 0.717) is 5.16 Å². The highest BCUT2D eigenvalue weighted by molar-refractivity contribution is 7.99. The van der Waals surface area contributed by atoms with Gasteiger partial charge in [0.05, 0.1) is 11.3 Å². The van der Waals surface area contributed by atoms with E-state index in [0.717, 1.165) is 39.9 Å². The van der Waals surface area contributed by atoms with Crippen LogP contribution in [0.15, 0.2) is 47.6 Å². The summed E-state index contributed by atoms with van der Waals surface area (Å²) in [5.41, 5.74) is 5.74. The Kier molecular flexibility index (Phi) is 5.00. The second-order valence-electron chi connectivity index (χ2n) is 6.68. The third-order valence-electron chi connectivity index (χ3n) is 4.66. The minimum absolute atomic E-state index is 0.0864. The molecule has 0 aliphatic rings. The molecule has 7 heteroatoms. The molecule has 28 heavy (non-hydrogen) atoms. The number of benzene rings is 2. The van der Waals surface area contributed by atoms with Crippen molar-refractivity contribution in [3.8, 4) is 0 Å². The first-order valence-electron chi connectivity index (χ1n) is 9.18. The van der Waals surface area contributed by atoms with Gasteiger partial charge in [-0.1, -0.05) is 47.7 Å². The van der Waals surface area contributed by atoms with E-state index < -0.39 is 0 Å². The fourth-order valence-corrected chi connectivity index (χ4v) is 3.92. The molecule has 142 valence electrons. The molecule has 2 aromatic carbocycles. The van der Waals surface area contributed by atoms with Crippen LogP contribution in [0.5, 0.6) is 0 Å². The Morgan fingerprint density at radius 2 is 1.96 bits per heavy atom. The summed E-state index contributed by atoms with van der Waals surface area (Å²) in [5, 5.41) is 13.1. The molecule has 6 nitrogen and oxygen atoms in total. The molecule has 0 fully saturated rings. The van der Waals surface area contributed by atoms with Crippen LogP contribution >= 0.6 is 11.8 Å². The molecule has 0 bridgehead atoms. The highest BCUT2D eigenvalue weighted by atomic mass is 32.2. The van der Waals surface area contributed by atoms with Crippen molar-refractivity contribution in [1.82, 2.24) is 19.7 Å². The molecule has 0 atom stereocenters. The number of carbonyl (C=O) groups excluding carboxylic acids is 1. The van der Waals surface area contributed by atoms with Crippen LogP contribution in [-0.4, -0.2) is 31.4 Å². The summed E-state index contributed by atoms with van der Waals surface area (Å²) in [6.07, 6.45) is 0. The highest BCUT2D eigenvalue weighted by Gasteiger charge is 2.14. The molecule has 1 amide bonds. The molecular weight excluding hydrogens is 370 g/mol. The first kappa shape index (κ1) is 18.4. The highest BCUT2D eigenvalue weighted by Crippen LogP contribution is 2.27. The van der Waals surface area contributed by atoms with Gasteiger partial charge in [-0.25, -0.2) is 4.98 Å². The number of fused-ring (bicyclic) bond motifs is 3. The Hall–Kier alpha value is -2.93. The number of nitrogens with zero attached hydrogens (tertiary/aromatic N) is 4. The molecular formula is C21H21N5OS. The zero-order valence-electron chi connectivity index (χ0n) is 16.1. The van der Waals surface area contributed by atoms with E-state index in [9.17, 15) is 4.79 Å². The summed E-state index contributed by atoms with van der Waals surface area (Å²) in [7, 11) is 0. The minimum atomic E-state index is -0.0864. The van der Waals surface area contributed by atoms with E-state index in [4.69, 9.17) is 0 Å². The summed E-state index contributed by atoms with van der Waals surface area (Å²) in [5.74, 6) is 0.143. The maximum absolute atomic E-state index is 12.3. The molecule has 0 saturated heterocycles. The van der Waals surface area contributed by atoms with Crippen molar-refractivity contribution >= 4 is 45.4 Å². The van der Waals surface area contributed by atoms with E-state index in [2.05, 4.69) is 38.1 Å². The van der Waals surface area contributed by atoms with Gasteiger partial charge in [0, 0.05) is 17.6 Å². The van der Waals surface area contributed by atoms with Crippen LogP contribution in [0, 0.1) is 13.8 Å². The summed E-state index contributed by atoms with van der Waals surface area (Å²) < 4.78 is 2.12. The van der Waals surface area contributed by atoms with Gasteiger partial charge in [0.15, 0.2) is 5.65 Å². The van der Waals surface area contributed by atoms with E-state index in [-0.39, 0.29) is 11.7 Å². The van der Waals surface area contributed by atoms with E-state index in [1.165, 1.54) is 17.3 Å². The number of aromatic nitrogens is 4. The van der Waals surface area contributed by atoms with Crippen LogP contribution in [0.3, 0.4) is 0 Å². The van der Waals surface area contributed by atoms with Crippen molar-refractivity contribution in [3.63, 3.8) is 0 Å². The van der Waals surface area contributed by atoms with Crippen LogP contribution in [0.2, 0.25) is 0 Å². The average Bonchev–Trinajstić information content (AvgIpc) is 3.01. The van der Waals surface area contributed by atoms with Crippen molar-refractivity contribution in [2.45, 2.75) is 32.5 Å². The lowest BCUT2D eigenvalue weighted by Gasteiger charge is -2.08. The monoisotopic (exact) mass is 391 g/mol. The predicted molar refractivity (Wildman–Crippen MR) is 114 cm³/mol. The molecule has 4 rings (SSSR count). The Bertz CT molecular complexity index is 1180. The fraction of sp³-hybridized carbons (Fsp3) is 0.238. The van der Waals surface area contributed by atoms with Crippen molar-refractivity contribution in [1.29, 1.82) is 0 Å². The molecule has 2 heterocycles. The fourth-order valence-electron chi connectivity index (χ4n) is 3.34. The summed E-state index contributed by atoms with van der Waals surface area (Å²) in [4.78, 5) is 17.0. The van der Waals surface area contributed by atoms with Crippen LogP contribution < -0.4 is 5.32 Å². The van der Waals surface area contributed by atoms with E-state index in [1.54, 1.807) is 0 Å². The van der Waals surface area contributed by atoms with Crippen LogP contribution in [0.25, 0.3) is 22.1 Å². The van der Waals surface area contributed by atoms with Crippen molar-refractivity contribution in [2.24, 2.45) is 0 Å². The molecule has 0 aliphatic heterocycles. The second kappa shape index (κ2) is 7.59. The zero-order valence-corrected chi connectivity index (χ0v) is 16.9. The van der Waals surface area contributed by atoms with Crippen molar-refractivity contribution in [3.05, 3.63) is 53.6 Å². The van der Waals surface area contributed by atoms with Gasteiger partial charge in [-0.15, -0.1) is 10.2 Å². The molecule has 2 aromatic heterocycles. The Labute approximate surface area is 167 Å². The Morgan fingerprint density at radius 3 is 2.75 bits per heavy atom. The number of rotatable bonds is 5. The number of anilines is 1. The maximum Gasteiger partial charge on any atom is 0.234 e. The van der Waals surface area contributed by atoms with E-state index in [1.807, 2.05) is 50.2 Å². The summed E-state index contributed by atoms with van der Waals surface area (Å²) >= 11 is 1.29. The molecule has 0 saturated carbocycles. The van der Waals surface area contributed by atoms with Gasteiger partial charge in [-0.2, -0.15) is 0 Å².